The zero-order chi connectivity index (χ0) is 17.9. The fourth-order valence-electron chi connectivity index (χ4n) is 2.20. The second-order valence-corrected chi connectivity index (χ2v) is 5.76. The fourth-order valence-corrected chi connectivity index (χ4v) is 2.84. The number of aryl methyl sites for hydroxylation is 1. The van der Waals surface area contributed by atoms with Crippen LogP contribution in [0.15, 0.2) is 24.3 Å². The van der Waals surface area contributed by atoms with Gasteiger partial charge in [-0.3, -0.25) is 4.79 Å². The van der Waals surface area contributed by atoms with Gasteiger partial charge in [-0.1, -0.05) is 23.2 Å². The van der Waals surface area contributed by atoms with Crippen molar-refractivity contribution in [1.82, 2.24) is 0 Å². The monoisotopic (exact) mass is 369 g/mol. The molecule has 2 rings (SSSR count). The second-order valence-electron chi connectivity index (χ2n) is 4.95. The van der Waals surface area contributed by atoms with E-state index < -0.39 is 0 Å². The lowest BCUT2D eigenvalue weighted by atomic mass is 10.1. The summed E-state index contributed by atoms with van der Waals surface area (Å²) in [7, 11) is 4.54. The van der Waals surface area contributed by atoms with Crippen molar-refractivity contribution in [2.24, 2.45) is 0 Å². The second kappa shape index (κ2) is 7.64. The van der Waals surface area contributed by atoms with Crippen LogP contribution in [0.25, 0.3) is 0 Å². The number of hydrogen-bond donors (Lipinski definition) is 1. The molecule has 7 heteroatoms. The SMILES string of the molecule is COc1cc(C)c(NC(=O)c2cc(Cl)c(OC)c(Cl)c2)cc1OC. The number of carbonyl (C=O) groups excluding carboxylic acids is 1. The maximum Gasteiger partial charge on any atom is 0.255 e. The molecule has 0 saturated carbocycles. The third-order valence-corrected chi connectivity index (χ3v) is 4.00. The summed E-state index contributed by atoms with van der Waals surface area (Å²) in [4.78, 5) is 12.5. The highest BCUT2D eigenvalue weighted by molar-refractivity contribution is 6.37. The quantitative estimate of drug-likeness (QED) is 0.837. The van der Waals surface area contributed by atoms with E-state index in [1.165, 1.54) is 26.4 Å². The minimum atomic E-state index is -0.350. The van der Waals surface area contributed by atoms with Gasteiger partial charge < -0.3 is 19.5 Å². The third-order valence-electron chi connectivity index (χ3n) is 3.44. The zero-order valence-corrected chi connectivity index (χ0v) is 15.2. The number of rotatable bonds is 5. The minimum absolute atomic E-state index is 0.263. The van der Waals surface area contributed by atoms with E-state index in [9.17, 15) is 4.79 Å². The predicted molar refractivity (Wildman–Crippen MR) is 95.3 cm³/mol. The van der Waals surface area contributed by atoms with E-state index in [-0.39, 0.29) is 16.0 Å². The van der Waals surface area contributed by atoms with Crippen LogP contribution in [0, 0.1) is 6.92 Å². The first-order valence-electron chi connectivity index (χ1n) is 6.98. The molecule has 2 aromatic rings. The molecule has 0 bridgehead atoms. The van der Waals surface area contributed by atoms with E-state index in [1.807, 2.05) is 6.92 Å². The Morgan fingerprint density at radius 2 is 1.46 bits per heavy atom. The number of ether oxygens (including phenoxy) is 3. The summed E-state index contributed by atoms with van der Waals surface area (Å²) >= 11 is 12.1. The summed E-state index contributed by atoms with van der Waals surface area (Å²) in [6.45, 7) is 1.85. The molecule has 0 spiro atoms. The van der Waals surface area contributed by atoms with E-state index in [2.05, 4.69) is 5.32 Å². The first-order valence-corrected chi connectivity index (χ1v) is 7.73. The topological polar surface area (TPSA) is 56.8 Å². The lowest BCUT2D eigenvalue weighted by Crippen LogP contribution is -2.13. The zero-order valence-electron chi connectivity index (χ0n) is 13.7. The van der Waals surface area contributed by atoms with Crippen molar-refractivity contribution in [2.75, 3.05) is 26.6 Å². The molecule has 0 heterocycles. The average molecular weight is 370 g/mol. The van der Waals surface area contributed by atoms with Gasteiger partial charge in [-0.15, -0.1) is 0 Å². The van der Waals surface area contributed by atoms with Crippen LogP contribution in [0.2, 0.25) is 10.0 Å². The number of halogens is 2. The van der Waals surface area contributed by atoms with Gasteiger partial charge in [0.1, 0.15) is 0 Å². The van der Waals surface area contributed by atoms with Gasteiger partial charge in [0, 0.05) is 17.3 Å². The first kappa shape index (κ1) is 18.2. The Bertz CT molecular complexity index is 754. The normalized spacial score (nSPS) is 10.2. The van der Waals surface area contributed by atoms with Gasteiger partial charge in [0.15, 0.2) is 17.2 Å². The average Bonchev–Trinajstić information content (AvgIpc) is 2.55. The molecule has 24 heavy (non-hydrogen) atoms. The largest absolute Gasteiger partial charge is 0.494 e. The molecule has 0 unspecified atom stereocenters. The highest BCUT2D eigenvalue weighted by Gasteiger charge is 2.16. The van der Waals surface area contributed by atoms with E-state index in [4.69, 9.17) is 37.4 Å². The van der Waals surface area contributed by atoms with Crippen molar-refractivity contribution in [3.8, 4) is 17.2 Å². The molecule has 0 aliphatic heterocycles. The van der Waals surface area contributed by atoms with E-state index in [0.29, 0.717) is 28.5 Å². The van der Waals surface area contributed by atoms with Crippen molar-refractivity contribution in [1.29, 1.82) is 0 Å². The highest BCUT2D eigenvalue weighted by atomic mass is 35.5. The molecule has 1 amide bonds. The van der Waals surface area contributed by atoms with Crippen molar-refractivity contribution < 1.29 is 19.0 Å². The summed E-state index contributed by atoms with van der Waals surface area (Å²) in [5.41, 5.74) is 1.74. The summed E-state index contributed by atoms with van der Waals surface area (Å²) in [5.74, 6) is 1.08. The van der Waals surface area contributed by atoms with Crippen molar-refractivity contribution >= 4 is 34.8 Å². The molecule has 0 atom stereocenters. The minimum Gasteiger partial charge on any atom is -0.494 e. The molecule has 0 saturated heterocycles. The van der Waals surface area contributed by atoms with Gasteiger partial charge in [-0.05, 0) is 30.7 Å². The molecular formula is C17H17Cl2NO4. The lowest BCUT2D eigenvalue weighted by Gasteiger charge is -2.14. The van der Waals surface area contributed by atoms with E-state index in [1.54, 1.807) is 19.2 Å². The van der Waals surface area contributed by atoms with Crippen LogP contribution in [0.3, 0.4) is 0 Å². The van der Waals surface area contributed by atoms with Crippen molar-refractivity contribution in [2.45, 2.75) is 6.92 Å². The summed E-state index contributed by atoms with van der Waals surface area (Å²) < 4.78 is 15.6. The summed E-state index contributed by atoms with van der Waals surface area (Å²) in [6.07, 6.45) is 0. The van der Waals surface area contributed by atoms with E-state index in [0.717, 1.165) is 5.56 Å². The summed E-state index contributed by atoms with van der Waals surface area (Å²) in [6, 6.07) is 6.47. The molecular weight excluding hydrogens is 353 g/mol. The van der Waals surface area contributed by atoms with Gasteiger partial charge in [-0.25, -0.2) is 0 Å². The van der Waals surface area contributed by atoms with E-state index >= 15 is 0 Å². The first-order chi connectivity index (χ1) is 11.4. The Morgan fingerprint density at radius 1 is 0.917 bits per heavy atom. The van der Waals surface area contributed by atoms with Gasteiger partial charge in [0.2, 0.25) is 0 Å². The molecule has 0 aromatic heterocycles. The van der Waals surface area contributed by atoms with Crippen LogP contribution in [-0.2, 0) is 0 Å². The number of hydrogen-bond acceptors (Lipinski definition) is 4. The molecule has 0 fully saturated rings. The van der Waals surface area contributed by atoms with Gasteiger partial charge in [0.05, 0.1) is 31.4 Å². The molecule has 2 aromatic carbocycles. The number of carbonyl (C=O) groups is 1. The molecule has 0 aliphatic carbocycles. The van der Waals surface area contributed by atoms with Crippen LogP contribution in [0.5, 0.6) is 17.2 Å². The van der Waals surface area contributed by atoms with Crippen LogP contribution in [-0.4, -0.2) is 27.2 Å². The standard InChI is InChI=1S/C17H17Cl2NO4/c1-9-5-14(22-2)15(23-3)8-13(9)20-17(21)10-6-11(18)16(24-4)12(19)7-10/h5-8H,1-4H3,(H,20,21). The molecule has 5 nitrogen and oxygen atoms in total. The highest BCUT2D eigenvalue weighted by Crippen LogP contribution is 2.35. The van der Waals surface area contributed by atoms with Crippen molar-refractivity contribution in [3.63, 3.8) is 0 Å². The van der Waals surface area contributed by atoms with Gasteiger partial charge in [0.25, 0.3) is 5.91 Å². The summed E-state index contributed by atoms with van der Waals surface area (Å²) in [5, 5.41) is 3.34. The maximum atomic E-state index is 12.5. The maximum absolute atomic E-state index is 12.5. The third kappa shape index (κ3) is 3.68. The number of benzene rings is 2. The number of anilines is 1. The molecule has 128 valence electrons. The Balaban J connectivity index is 2.33. The van der Waals surface area contributed by atoms with Crippen LogP contribution >= 0.6 is 23.2 Å². The Kier molecular flexibility index (Phi) is 5.80. The fraction of sp³-hybridized carbons (Fsp3) is 0.235. The number of nitrogens with one attached hydrogen (secondary N) is 1. The molecule has 0 radical (unpaired) electrons. The van der Waals surface area contributed by atoms with Crippen LogP contribution < -0.4 is 19.5 Å². The van der Waals surface area contributed by atoms with Crippen LogP contribution in [0.4, 0.5) is 5.69 Å². The lowest BCUT2D eigenvalue weighted by molar-refractivity contribution is 0.102. The Morgan fingerprint density at radius 3 is 1.96 bits per heavy atom. The predicted octanol–water partition coefficient (Wildman–Crippen LogP) is 4.58. The van der Waals surface area contributed by atoms with Crippen LogP contribution in [0.1, 0.15) is 15.9 Å². The smallest absolute Gasteiger partial charge is 0.255 e. The Labute approximate surface area is 150 Å². The van der Waals surface area contributed by atoms with Crippen molar-refractivity contribution in [3.05, 3.63) is 45.4 Å². The molecule has 0 aliphatic rings. The molecule has 1 N–H and O–H groups in total. The van der Waals surface area contributed by atoms with Gasteiger partial charge >= 0.3 is 0 Å². The number of methoxy groups -OCH3 is 3. The van der Waals surface area contributed by atoms with Gasteiger partial charge in [-0.2, -0.15) is 0 Å². The number of amides is 1. The Hall–Kier alpha value is -2.11.